The van der Waals surface area contributed by atoms with Crippen molar-refractivity contribution in [3.05, 3.63) is 27.7 Å². The molecule has 10 nitrogen and oxygen atoms in total. The van der Waals surface area contributed by atoms with E-state index in [9.17, 15) is 19.2 Å². The molecule has 32 heavy (non-hydrogen) atoms. The van der Waals surface area contributed by atoms with E-state index in [1.54, 1.807) is 18.2 Å². The van der Waals surface area contributed by atoms with Gasteiger partial charge < -0.3 is 28.4 Å². The zero-order valence-electron chi connectivity index (χ0n) is 17.7. The van der Waals surface area contributed by atoms with Crippen LogP contribution in [0.5, 0.6) is 5.75 Å². The van der Waals surface area contributed by atoms with Crippen LogP contribution in [0.3, 0.4) is 0 Å². The topological polar surface area (TPSA) is 124 Å². The molecule has 0 aliphatic carbocycles. The fourth-order valence-electron chi connectivity index (χ4n) is 2.98. The summed E-state index contributed by atoms with van der Waals surface area (Å²) in [5.41, 5.74) is 0. The molecule has 0 N–H and O–H groups in total. The zero-order chi connectivity index (χ0) is 24.0. The molecule has 1 fully saturated rings. The molecule has 1 aliphatic rings. The van der Waals surface area contributed by atoms with Gasteiger partial charge in [-0.05, 0) is 18.2 Å². The number of ether oxygens (including phenoxy) is 6. The molecule has 12 heteroatoms. The van der Waals surface area contributed by atoms with Crippen LogP contribution in [0.15, 0.2) is 22.7 Å². The van der Waals surface area contributed by atoms with E-state index >= 15 is 0 Å². The van der Waals surface area contributed by atoms with Crippen LogP contribution in [0.25, 0.3) is 0 Å². The Morgan fingerprint density at radius 3 is 2.00 bits per heavy atom. The van der Waals surface area contributed by atoms with Crippen LogP contribution in [0.4, 0.5) is 0 Å². The van der Waals surface area contributed by atoms with Crippen molar-refractivity contribution in [2.24, 2.45) is 0 Å². The maximum atomic E-state index is 11.8. The number of halogens is 2. The number of hydrogen-bond acceptors (Lipinski definition) is 10. The Morgan fingerprint density at radius 2 is 1.47 bits per heavy atom. The Hall–Kier alpha value is -2.37. The normalized spacial score (nSPS) is 24.8. The van der Waals surface area contributed by atoms with Gasteiger partial charge in [0.2, 0.25) is 12.4 Å². The summed E-state index contributed by atoms with van der Waals surface area (Å²) in [5.74, 6) is -2.63. The van der Waals surface area contributed by atoms with Gasteiger partial charge in [-0.15, -0.1) is 0 Å². The summed E-state index contributed by atoms with van der Waals surface area (Å²) in [5, 5.41) is 0.215. The van der Waals surface area contributed by atoms with E-state index < -0.39 is 54.6 Å². The lowest BCUT2D eigenvalue weighted by Crippen LogP contribution is -2.63. The van der Waals surface area contributed by atoms with E-state index in [0.29, 0.717) is 4.47 Å². The largest absolute Gasteiger partial charge is 0.463 e. The SMILES string of the molecule is CC(=O)OCC1OC(Oc2ccc(Br)cc2Cl)C(OC(C)=O)C(OC(C)=O)C1OC(C)=O. The maximum Gasteiger partial charge on any atom is 0.303 e. The van der Waals surface area contributed by atoms with E-state index in [4.69, 9.17) is 40.0 Å². The molecule has 0 saturated carbocycles. The molecular weight excluding hydrogens is 516 g/mol. The van der Waals surface area contributed by atoms with E-state index in [0.717, 1.165) is 20.8 Å². The van der Waals surface area contributed by atoms with E-state index in [-0.39, 0.29) is 17.4 Å². The molecule has 1 aromatic rings. The van der Waals surface area contributed by atoms with Crippen molar-refractivity contribution in [3.8, 4) is 5.75 Å². The molecule has 1 aliphatic heterocycles. The number of carbonyl (C=O) groups excluding carboxylic acids is 4. The summed E-state index contributed by atoms with van der Waals surface area (Å²) in [6.07, 6.45) is -6.39. The first-order valence-corrected chi connectivity index (χ1v) is 10.6. The van der Waals surface area contributed by atoms with Crippen molar-refractivity contribution >= 4 is 51.4 Å². The van der Waals surface area contributed by atoms with Gasteiger partial charge in [-0.1, -0.05) is 27.5 Å². The van der Waals surface area contributed by atoms with Gasteiger partial charge in [0.25, 0.3) is 0 Å². The third-order valence-corrected chi connectivity index (χ3v) is 4.87. The Kier molecular flexibility index (Phi) is 9.29. The fourth-order valence-corrected chi connectivity index (χ4v) is 3.70. The van der Waals surface area contributed by atoms with E-state index in [1.807, 2.05) is 0 Å². The van der Waals surface area contributed by atoms with Crippen molar-refractivity contribution in [3.63, 3.8) is 0 Å². The van der Waals surface area contributed by atoms with Crippen LogP contribution in [0.2, 0.25) is 5.02 Å². The third kappa shape index (κ3) is 7.35. The first kappa shape index (κ1) is 25.9. The zero-order valence-corrected chi connectivity index (χ0v) is 20.0. The highest BCUT2D eigenvalue weighted by Gasteiger charge is 2.53. The van der Waals surface area contributed by atoms with Gasteiger partial charge in [-0.25, -0.2) is 0 Å². The lowest BCUT2D eigenvalue weighted by atomic mass is 9.98. The van der Waals surface area contributed by atoms with Gasteiger partial charge in [0.05, 0.1) is 5.02 Å². The van der Waals surface area contributed by atoms with Crippen LogP contribution >= 0.6 is 27.5 Å². The molecule has 1 aromatic carbocycles. The van der Waals surface area contributed by atoms with Crippen LogP contribution in [0, 0.1) is 0 Å². The summed E-state index contributed by atoms with van der Waals surface area (Å²) >= 11 is 9.50. The predicted octanol–water partition coefficient (Wildman–Crippen LogP) is 2.56. The van der Waals surface area contributed by atoms with Crippen molar-refractivity contribution in [1.29, 1.82) is 0 Å². The van der Waals surface area contributed by atoms with Crippen molar-refractivity contribution in [1.82, 2.24) is 0 Å². The number of benzene rings is 1. The number of carbonyl (C=O) groups is 4. The molecule has 0 bridgehead atoms. The van der Waals surface area contributed by atoms with Gasteiger partial charge in [0.1, 0.15) is 18.5 Å². The summed E-state index contributed by atoms with van der Waals surface area (Å²) in [7, 11) is 0. The molecule has 1 saturated heterocycles. The minimum atomic E-state index is -1.35. The van der Waals surface area contributed by atoms with Gasteiger partial charge >= 0.3 is 23.9 Å². The molecule has 5 atom stereocenters. The van der Waals surface area contributed by atoms with Crippen LogP contribution < -0.4 is 4.74 Å². The standard InChI is InChI=1S/C20H22BrClO10/c1-9(23)27-8-16-17(28-10(2)24)18(29-11(3)25)19(30-12(4)26)20(32-16)31-15-6-5-13(21)7-14(15)22/h5-7,16-20H,8H2,1-4H3. The van der Waals surface area contributed by atoms with Gasteiger partial charge in [0.15, 0.2) is 12.2 Å². The quantitative estimate of drug-likeness (QED) is 0.379. The highest BCUT2D eigenvalue weighted by Crippen LogP contribution is 2.34. The minimum absolute atomic E-state index is 0.177. The summed E-state index contributed by atoms with van der Waals surface area (Å²) < 4.78 is 33.3. The maximum absolute atomic E-state index is 11.8. The lowest BCUT2D eigenvalue weighted by molar-refractivity contribution is -0.288. The number of rotatable bonds is 7. The third-order valence-electron chi connectivity index (χ3n) is 4.09. The first-order valence-electron chi connectivity index (χ1n) is 9.40. The average Bonchev–Trinajstić information content (AvgIpc) is 2.65. The second kappa shape index (κ2) is 11.5. The summed E-state index contributed by atoms with van der Waals surface area (Å²) in [4.78, 5) is 46.7. The van der Waals surface area contributed by atoms with Gasteiger partial charge in [-0.3, -0.25) is 19.2 Å². The fraction of sp³-hybridized carbons (Fsp3) is 0.500. The minimum Gasteiger partial charge on any atom is -0.463 e. The lowest BCUT2D eigenvalue weighted by Gasteiger charge is -2.44. The molecule has 2 rings (SSSR count). The number of hydrogen-bond donors (Lipinski definition) is 0. The van der Waals surface area contributed by atoms with E-state index in [1.165, 1.54) is 6.92 Å². The van der Waals surface area contributed by atoms with Crippen LogP contribution in [0.1, 0.15) is 27.7 Å². The second-order valence-corrected chi connectivity index (χ2v) is 8.08. The molecule has 5 unspecified atom stereocenters. The first-order chi connectivity index (χ1) is 15.0. The summed E-state index contributed by atoms with van der Waals surface area (Å²) in [6, 6.07) is 4.77. The Morgan fingerprint density at radius 1 is 0.906 bits per heavy atom. The van der Waals surface area contributed by atoms with Crippen molar-refractivity contribution < 1.29 is 47.6 Å². The molecule has 1 heterocycles. The monoisotopic (exact) mass is 536 g/mol. The molecule has 0 spiro atoms. The molecule has 176 valence electrons. The predicted molar refractivity (Wildman–Crippen MR) is 112 cm³/mol. The second-order valence-electron chi connectivity index (χ2n) is 6.76. The molecule has 0 aromatic heterocycles. The highest BCUT2D eigenvalue weighted by atomic mass is 79.9. The highest BCUT2D eigenvalue weighted by molar-refractivity contribution is 9.10. The summed E-state index contributed by atoms with van der Waals surface area (Å²) in [6.45, 7) is 4.24. The smallest absolute Gasteiger partial charge is 0.303 e. The molecule has 0 radical (unpaired) electrons. The van der Waals surface area contributed by atoms with Crippen LogP contribution in [-0.2, 0) is 42.9 Å². The van der Waals surface area contributed by atoms with E-state index in [2.05, 4.69) is 15.9 Å². The Bertz CT molecular complexity index is 876. The van der Waals surface area contributed by atoms with Gasteiger partial charge in [-0.2, -0.15) is 0 Å². The number of esters is 4. The van der Waals surface area contributed by atoms with Crippen molar-refractivity contribution in [2.75, 3.05) is 6.61 Å². The Labute approximate surface area is 197 Å². The molecular formula is C20H22BrClO10. The van der Waals surface area contributed by atoms with Crippen molar-refractivity contribution in [2.45, 2.75) is 58.4 Å². The average molecular weight is 538 g/mol. The van der Waals surface area contributed by atoms with Crippen LogP contribution in [-0.4, -0.2) is 61.2 Å². The molecule has 0 amide bonds. The Balaban J connectivity index is 2.47. The van der Waals surface area contributed by atoms with Gasteiger partial charge in [0, 0.05) is 32.2 Å².